The van der Waals surface area contributed by atoms with Crippen molar-refractivity contribution < 1.29 is 19.8 Å². The molecule has 0 saturated heterocycles. The van der Waals surface area contributed by atoms with E-state index in [1.165, 1.54) is 0 Å². The van der Waals surface area contributed by atoms with Gasteiger partial charge in [0.1, 0.15) is 0 Å². The van der Waals surface area contributed by atoms with E-state index in [2.05, 4.69) is 21.2 Å². The molecule has 0 bridgehead atoms. The number of hydrogen-bond donors (Lipinski definition) is 3. The topological polar surface area (TPSA) is 86.6 Å². The van der Waals surface area contributed by atoms with Gasteiger partial charge in [0.05, 0.1) is 0 Å². The zero-order valence-electron chi connectivity index (χ0n) is 9.81. The van der Waals surface area contributed by atoms with E-state index in [1.807, 2.05) is 13.0 Å². The predicted octanol–water partition coefficient (Wildman–Crippen LogP) is 1.32. The molecule has 1 aromatic carbocycles. The summed E-state index contributed by atoms with van der Waals surface area (Å²) in [5, 5.41) is 20.1. The number of benzene rings is 1. The van der Waals surface area contributed by atoms with Crippen LogP contribution < -0.4 is 5.32 Å². The van der Waals surface area contributed by atoms with Crippen molar-refractivity contribution in [2.75, 3.05) is 6.54 Å². The third-order valence-electron chi connectivity index (χ3n) is 2.50. The number of amides is 1. The second kappa shape index (κ2) is 6.51. The molecule has 0 unspecified atom stereocenters. The van der Waals surface area contributed by atoms with Crippen molar-refractivity contribution in [2.24, 2.45) is 0 Å². The Kier molecular flexibility index (Phi) is 5.30. The summed E-state index contributed by atoms with van der Waals surface area (Å²) in [5.41, 5.74) is 1.34. The Balaban J connectivity index is 2.56. The molecule has 5 nitrogen and oxygen atoms in total. The first kappa shape index (κ1) is 14.7. The summed E-state index contributed by atoms with van der Waals surface area (Å²) >= 11 is 3.33. The van der Waals surface area contributed by atoms with E-state index in [-0.39, 0.29) is 18.9 Å². The van der Waals surface area contributed by atoms with E-state index >= 15 is 0 Å². The summed E-state index contributed by atoms with van der Waals surface area (Å²) in [6.07, 6.45) is -1.47. The van der Waals surface area contributed by atoms with Gasteiger partial charge >= 0.3 is 5.97 Å². The smallest absolute Gasteiger partial charge is 0.332 e. The van der Waals surface area contributed by atoms with E-state index in [9.17, 15) is 9.59 Å². The summed E-state index contributed by atoms with van der Waals surface area (Å²) in [4.78, 5) is 22.2. The van der Waals surface area contributed by atoms with Crippen LogP contribution in [0.25, 0.3) is 0 Å². The van der Waals surface area contributed by atoms with Gasteiger partial charge in [0.2, 0.25) is 0 Å². The second-order valence-electron chi connectivity index (χ2n) is 3.81. The van der Waals surface area contributed by atoms with Crippen LogP contribution >= 0.6 is 15.9 Å². The normalized spacial score (nSPS) is 11.9. The van der Waals surface area contributed by atoms with Gasteiger partial charge in [0.25, 0.3) is 5.91 Å². The lowest BCUT2D eigenvalue weighted by Crippen LogP contribution is -2.30. The highest BCUT2D eigenvalue weighted by atomic mass is 79.9. The van der Waals surface area contributed by atoms with Gasteiger partial charge in [-0.3, -0.25) is 4.79 Å². The zero-order chi connectivity index (χ0) is 13.7. The Morgan fingerprint density at radius 1 is 1.44 bits per heavy atom. The average molecular weight is 316 g/mol. The summed E-state index contributed by atoms with van der Waals surface area (Å²) in [6.45, 7) is 1.92. The molecule has 18 heavy (non-hydrogen) atoms. The average Bonchev–Trinajstić information content (AvgIpc) is 2.32. The maximum absolute atomic E-state index is 11.8. The lowest BCUT2D eigenvalue weighted by Gasteiger charge is -2.09. The number of carbonyl (C=O) groups excluding carboxylic acids is 1. The second-order valence-corrected chi connectivity index (χ2v) is 4.67. The molecule has 0 aliphatic carbocycles. The Morgan fingerprint density at radius 2 is 2.11 bits per heavy atom. The number of hydrogen-bond acceptors (Lipinski definition) is 3. The summed E-state index contributed by atoms with van der Waals surface area (Å²) in [7, 11) is 0. The van der Waals surface area contributed by atoms with E-state index in [1.54, 1.807) is 12.1 Å². The largest absolute Gasteiger partial charge is 0.479 e. The van der Waals surface area contributed by atoms with E-state index in [0.717, 1.165) is 10.0 Å². The molecule has 6 heteroatoms. The maximum Gasteiger partial charge on any atom is 0.332 e. The molecule has 98 valence electrons. The van der Waals surface area contributed by atoms with Crippen molar-refractivity contribution in [3.63, 3.8) is 0 Å². The zero-order valence-corrected chi connectivity index (χ0v) is 11.4. The first-order valence-electron chi connectivity index (χ1n) is 5.37. The minimum absolute atomic E-state index is 0.0197. The van der Waals surface area contributed by atoms with Crippen molar-refractivity contribution in [1.29, 1.82) is 0 Å². The molecule has 1 atom stereocenters. The number of halogens is 1. The number of aliphatic hydroxyl groups excluding tert-OH is 1. The van der Waals surface area contributed by atoms with Gasteiger partial charge in [0.15, 0.2) is 6.10 Å². The number of carboxylic acids is 1. The lowest BCUT2D eigenvalue weighted by molar-refractivity contribution is -0.146. The monoisotopic (exact) mass is 315 g/mol. The van der Waals surface area contributed by atoms with Gasteiger partial charge in [-0.25, -0.2) is 4.79 Å². The Morgan fingerprint density at radius 3 is 2.72 bits per heavy atom. The molecule has 0 aromatic heterocycles. The van der Waals surface area contributed by atoms with Gasteiger partial charge in [-0.15, -0.1) is 0 Å². The molecule has 1 rings (SSSR count). The van der Waals surface area contributed by atoms with Crippen LogP contribution in [-0.4, -0.2) is 34.7 Å². The maximum atomic E-state index is 11.8. The molecule has 0 saturated carbocycles. The number of rotatable bonds is 5. The molecule has 0 heterocycles. The predicted molar refractivity (Wildman–Crippen MR) is 69.5 cm³/mol. The molecular formula is C12H14BrNO4. The van der Waals surface area contributed by atoms with E-state index in [4.69, 9.17) is 10.2 Å². The molecule has 0 aliphatic rings. The van der Waals surface area contributed by atoms with Crippen molar-refractivity contribution in [2.45, 2.75) is 19.4 Å². The molecule has 0 spiro atoms. The van der Waals surface area contributed by atoms with E-state index < -0.39 is 12.1 Å². The van der Waals surface area contributed by atoms with Gasteiger partial charge in [-0.1, -0.05) is 22.0 Å². The minimum atomic E-state index is -1.45. The van der Waals surface area contributed by atoms with Crippen LogP contribution in [0.4, 0.5) is 0 Å². The van der Waals surface area contributed by atoms with Gasteiger partial charge in [-0.2, -0.15) is 0 Å². The van der Waals surface area contributed by atoms with Crippen LogP contribution in [0.3, 0.4) is 0 Å². The van der Waals surface area contributed by atoms with Crippen molar-refractivity contribution in [3.8, 4) is 0 Å². The van der Waals surface area contributed by atoms with Gasteiger partial charge in [0, 0.05) is 23.0 Å². The molecule has 0 radical (unpaired) electrons. The number of carbonyl (C=O) groups is 2. The first-order valence-corrected chi connectivity index (χ1v) is 6.17. The summed E-state index contributed by atoms with van der Waals surface area (Å²) < 4.78 is 0.834. The number of aliphatic carboxylic acids is 1. The van der Waals surface area contributed by atoms with Gasteiger partial charge < -0.3 is 15.5 Å². The van der Waals surface area contributed by atoms with E-state index in [0.29, 0.717) is 5.56 Å². The van der Waals surface area contributed by atoms with Crippen LogP contribution in [0.1, 0.15) is 22.3 Å². The van der Waals surface area contributed by atoms with Crippen LogP contribution in [0, 0.1) is 6.92 Å². The summed E-state index contributed by atoms with van der Waals surface area (Å²) in [5.74, 6) is -1.57. The molecule has 0 aliphatic heterocycles. The minimum Gasteiger partial charge on any atom is -0.479 e. The summed E-state index contributed by atoms with van der Waals surface area (Å²) in [6, 6.07) is 5.27. The highest BCUT2D eigenvalue weighted by Crippen LogP contribution is 2.19. The third kappa shape index (κ3) is 3.82. The first-order chi connectivity index (χ1) is 8.43. The highest BCUT2D eigenvalue weighted by molar-refractivity contribution is 9.10. The Hall–Kier alpha value is -1.40. The Labute approximate surface area is 113 Å². The quantitative estimate of drug-likeness (QED) is 0.765. The standard InChI is InChI=1S/C12H14BrNO4/c1-7-8(3-2-4-9(7)13)11(16)14-6-5-10(15)12(17)18/h2-4,10,15H,5-6H2,1H3,(H,14,16)(H,17,18)/t10-/m0/s1. The number of nitrogens with one attached hydrogen (secondary N) is 1. The molecule has 0 fully saturated rings. The molecular weight excluding hydrogens is 302 g/mol. The van der Waals surface area contributed by atoms with Crippen LogP contribution in [0.2, 0.25) is 0 Å². The van der Waals surface area contributed by atoms with Crippen molar-refractivity contribution in [1.82, 2.24) is 5.32 Å². The molecule has 1 aromatic rings. The van der Waals surface area contributed by atoms with Crippen LogP contribution in [0.5, 0.6) is 0 Å². The van der Waals surface area contributed by atoms with Crippen molar-refractivity contribution >= 4 is 27.8 Å². The number of carboxylic acid groups (broad SMARTS) is 1. The molecule has 3 N–H and O–H groups in total. The number of aliphatic hydroxyl groups is 1. The highest BCUT2D eigenvalue weighted by Gasteiger charge is 2.14. The fourth-order valence-electron chi connectivity index (χ4n) is 1.39. The van der Waals surface area contributed by atoms with Crippen molar-refractivity contribution in [3.05, 3.63) is 33.8 Å². The van der Waals surface area contributed by atoms with Crippen LogP contribution in [-0.2, 0) is 4.79 Å². The Bertz CT molecular complexity index is 461. The van der Waals surface area contributed by atoms with Gasteiger partial charge in [-0.05, 0) is 24.6 Å². The fraction of sp³-hybridized carbons (Fsp3) is 0.333. The fourth-order valence-corrected chi connectivity index (χ4v) is 1.76. The van der Waals surface area contributed by atoms with Crippen LogP contribution in [0.15, 0.2) is 22.7 Å². The molecule has 1 amide bonds. The SMILES string of the molecule is Cc1c(Br)cccc1C(=O)NCC[C@H](O)C(=O)O. The lowest BCUT2D eigenvalue weighted by atomic mass is 10.1. The third-order valence-corrected chi connectivity index (χ3v) is 3.36.